The Morgan fingerprint density at radius 3 is 2.61 bits per heavy atom. The molecule has 1 aromatic rings. The van der Waals surface area contributed by atoms with E-state index in [0.717, 1.165) is 44.0 Å². The zero-order chi connectivity index (χ0) is 16.7. The lowest BCUT2D eigenvalue weighted by Gasteiger charge is -2.32. The number of nitrogens with zero attached hydrogens (tertiary/aromatic N) is 2. The average Bonchev–Trinajstić information content (AvgIpc) is 2.56. The lowest BCUT2D eigenvalue weighted by molar-refractivity contribution is 0.104. The predicted octanol–water partition coefficient (Wildman–Crippen LogP) is 1.94. The second-order valence-electron chi connectivity index (χ2n) is 5.69. The van der Waals surface area contributed by atoms with Crippen molar-refractivity contribution in [2.45, 2.75) is 32.0 Å². The van der Waals surface area contributed by atoms with Gasteiger partial charge in [0.15, 0.2) is 5.96 Å². The van der Waals surface area contributed by atoms with E-state index < -0.39 is 0 Å². The zero-order valence-electron chi connectivity index (χ0n) is 13.8. The quantitative estimate of drug-likeness (QED) is 0.642. The molecule has 1 heterocycles. The number of halogens is 1. The molecular weight excluding hydrogens is 297 g/mol. The largest absolute Gasteiger partial charge is 0.393 e. The average molecular weight is 323 g/mol. The molecule has 1 aliphatic heterocycles. The predicted molar refractivity (Wildman–Crippen MR) is 88.9 cm³/mol. The summed E-state index contributed by atoms with van der Waals surface area (Å²) in [5, 5.41) is 12.9. The lowest BCUT2D eigenvalue weighted by Crippen LogP contribution is -2.46. The fraction of sp³-hybridized carbons (Fsp3) is 0.588. The molecule has 1 aromatic carbocycles. The summed E-state index contributed by atoms with van der Waals surface area (Å²) in [6.07, 6.45) is 1.10. The van der Waals surface area contributed by atoms with Crippen molar-refractivity contribution in [3.63, 3.8) is 0 Å². The van der Waals surface area contributed by atoms with Gasteiger partial charge in [-0.1, -0.05) is 12.1 Å². The van der Waals surface area contributed by atoms with Crippen LogP contribution in [0.3, 0.4) is 0 Å². The molecule has 0 aliphatic carbocycles. The number of hydrogen-bond donors (Lipinski definition) is 2. The second kappa shape index (κ2) is 8.84. The third-order valence-corrected chi connectivity index (χ3v) is 4.03. The van der Waals surface area contributed by atoms with Gasteiger partial charge in [-0.05, 0) is 37.5 Å². The van der Waals surface area contributed by atoms with Gasteiger partial charge in [0, 0.05) is 26.7 Å². The van der Waals surface area contributed by atoms with Crippen molar-refractivity contribution in [1.82, 2.24) is 10.2 Å². The van der Waals surface area contributed by atoms with Crippen molar-refractivity contribution in [2.24, 2.45) is 4.99 Å². The van der Waals surface area contributed by atoms with E-state index in [9.17, 15) is 9.50 Å². The summed E-state index contributed by atoms with van der Waals surface area (Å²) in [5.74, 6) is 0.580. The summed E-state index contributed by atoms with van der Waals surface area (Å²) in [7, 11) is 1.63. The monoisotopic (exact) mass is 323 g/mol. The van der Waals surface area contributed by atoms with Crippen LogP contribution in [0.5, 0.6) is 0 Å². The first-order chi connectivity index (χ1) is 11.1. The summed E-state index contributed by atoms with van der Waals surface area (Å²) in [4.78, 5) is 6.82. The molecule has 1 fully saturated rings. The topological polar surface area (TPSA) is 57.1 Å². The number of aliphatic hydroxyl groups excluding tert-OH is 1. The molecule has 23 heavy (non-hydrogen) atoms. The van der Waals surface area contributed by atoms with Crippen LogP contribution in [-0.2, 0) is 4.74 Å². The number of aliphatic imine (C=N–C) groups is 1. The molecule has 5 nitrogen and oxygen atoms in total. The molecule has 0 radical (unpaired) electrons. The summed E-state index contributed by atoms with van der Waals surface area (Å²) in [6, 6.07) is 6.32. The van der Waals surface area contributed by atoms with E-state index in [1.54, 1.807) is 19.2 Å². The van der Waals surface area contributed by atoms with Crippen molar-refractivity contribution >= 4 is 5.96 Å². The molecule has 128 valence electrons. The van der Waals surface area contributed by atoms with Crippen molar-refractivity contribution in [3.8, 4) is 0 Å². The number of nitrogens with one attached hydrogen (secondary N) is 1. The van der Waals surface area contributed by atoms with E-state index in [4.69, 9.17) is 4.74 Å². The fourth-order valence-electron chi connectivity index (χ4n) is 2.67. The number of piperidine rings is 1. The fourth-order valence-corrected chi connectivity index (χ4v) is 2.67. The molecule has 1 saturated heterocycles. The number of ether oxygens (including phenoxy) is 1. The van der Waals surface area contributed by atoms with Crippen LogP contribution >= 0.6 is 0 Å². The normalized spacial score (nSPS) is 18.1. The van der Waals surface area contributed by atoms with Gasteiger partial charge in [0.1, 0.15) is 11.9 Å². The van der Waals surface area contributed by atoms with Crippen LogP contribution in [0.4, 0.5) is 4.39 Å². The Morgan fingerprint density at radius 1 is 1.39 bits per heavy atom. The Labute approximate surface area is 137 Å². The van der Waals surface area contributed by atoms with Crippen LogP contribution < -0.4 is 5.32 Å². The summed E-state index contributed by atoms with van der Waals surface area (Å²) in [6.45, 7) is 4.86. The van der Waals surface area contributed by atoms with E-state index in [-0.39, 0.29) is 18.0 Å². The first kappa shape index (κ1) is 17.7. The van der Waals surface area contributed by atoms with E-state index in [2.05, 4.69) is 15.2 Å². The molecule has 1 unspecified atom stereocenters. The lowest BCUT2D eigenvalue weighted by atomic mass is 10.1. The number of aliphatic hydroxyl groups is 1. The molecule has 2 rings (SSSR count). The van der Waals surface area contributed by atoms with Gasteiger partial charge < -0.3 is 20.1 Å². The van der Waals surface area contributed by atoms with E-state index >= 15 is 0 Å². The first-order valence-corrected chi connectivity index (χ1v) is 8.13. The molecule has 1 aliphatic rings. The number of likely N-dealkylation sites (tertiary alicyclic amines) is 1. The van der Waals surface area contributed by atoms with E-state index in [1.165, 1.54) is 12.1 Å². The smallest absolute Gasteiger partial charge is 0.194 e. The van der Waals surface area contributed by atoms with Gasteiger partial charge in [-0.15, -0.1) is 0 Å². The van der Waals surface area contributed by atoms with Crippen molar-refractivity contribution in [1.29, 1.82) is 0 Å². The number of guanidine groups is 1. The Bertz CT molecular complexity index is 499. The standard InChI is InChI=1S/C17H26FN3O2/c1-3-19-17(21-10-8-15(22)9-11-21)20-12-16(23-2)13-4-6-14(18)7-5-13/h4-7,15-16,22H,3,8-12H2,1-2H3,(H,19,20). The first-order valence-electron chi connectivity index (χ1n) is 8.13. The maximum atomic E-state index is 13.0. The minimum atomic E-state index is -0.257. The van der Waals surface area contributed by atoms with Crippen molar-refractivity contribution < 1.29 is 14.2 Å². The highest BCUT2D eigenvalue weighted by Crippen LogP contribution is 2.18. The highest BCUT2D eigenvalue weighted by Gasteiger charge is 2.20. The van der Waals surface area contributed by atoms with Crippen LogP contribution in [-0.4, -0.2) is 55.4 Å². The number of benzene rings is 1. The Balaban J connectivity index is 2.04. The number of methoxy groups -OCH3 is 1. The van der Waals surface area contributed by atoms with Crippen LogP contribution in [0.15, 0.2) is 29.3 Å². The minimum Gasteiger partial charge on any atom is -0.393 e. The van der Waals surface area contributed by atoms with Crippen molar-refractivity contribution in [3.05, 3.63) is 35.6 Å². The van der Waals surface area contributed by atoms with E-state index in [0.29, 0.717) is 6.54 Å². The molecule has 1 atom stereocenters. The zero-order valence-corrected chi connectivity index (χ0v) is 13.8. The van der Waals surface area contributed by atoms with Crippen LogP contribution in [0.1, 0.15) is 31.4 Å². The Morgan fingerprint density at radius 2 is 2.04 bits per heavy atom. The maximum Gasteiger partial charge on any atom is 0.194 e. The molecule has 0 saturated carbocycles. The van der Waals surface area contributed by atoms with Gasteiger partial charge in [-0.2, -0.15) is 0 Å². The molecule has 0 aromatic heterocycles. The van der Waals surface area contributed by atoms with E-state index in [1.807, 2.05) is 6.92 Å². The van der Waals surface area contributed by atoms with Gasteiger partial charge in [0.25, 0.3) is 0 Å². The van der Waals surface area contributed by atoms with Crippen LogP contribution in [0.25, 0.3) is 0 Å². The molecular formula is C17H26FN3O2. The summed E-state index contributed by atoms with van der Waals surface area (Å²) in [5.41, 5.74) is 0.905. The third kappa shape index (κ3) is 5.18. The van der Waals surface area contributed by atoms with Crippen LogP contribution in [0.2, 0.25) is 0 Å². The Kier molecular flexibility index (Phi) is 6.80. The van der Waals surface area contributed by atoms with Gasteiger partial charge in [0.2, 0.25) is 0 Å². The second-order valence-corrected chi connectivity index (χ2v) is 5.69. The summed E-state index contributed by atoms with van der Waals surface area (Å²) >= 11 is 0. The minimum absolute atomic E-state index is 0.208. The molecule has 2 N–H and O–H groups in total. The Hall–Kier alpha value is -1.66. The highest BCUT2D eigenvalue weighted by atomic mass is 19.1. The molecule has 6 heteroatoms. The summed E-state index contributed by atoms with van der Waals surface area (Å²) < 4.78 is 18.5. The van der Waals surface area contributed by atoms with Crippen LogP contribution in [0, 0.1) is 5.82 Å². The highest BCUT2D eigenvalue weighted by molar-refractivity contribution is 5.80. The van der Waals surface area contributed by atoms with Gasteiger partial charge in [-0.25, -0.2) is 4.39 Å². The molecule has 0 bridgehead atoms. The SMILES string of the molecule is CCNC(=NCC(OC)c1ccc(F)cc1)N1CCC(O)CC1. The van der Waals surface area contributed by atoms with Gasteiger partial charge >= 0.3 is 0 Å². The van der Waals surface area contributed by atoms with Crippen molar-refractivity contribution in [2.75, 3.05) is 33.3 Å². The van der Waals surface area contributed by atoms with Gasteiger partial charge in [-0.3, -0.25) is 4.99 Å². The third-order valence-electron chi connectivity index (χ3n) is 4.03. The number of hydrogen-bond acceptors (Lipinski definition) is 3. The molecule has 0 spiro atoms. The van der Waals surface area contributed by atoms with Gasteiger partial charge in [0.05, 0.1) is 12.6 Å². The molecule has 0 amide bonds. The number of rotatable bonds is 5. The maximum absolute atomic E-state index is 13.0.